The third-order valence-electron chi connectivity index (χ3n) is 5.18. The standard InChI is InChI=1S/C18H28O3/c1-14-7-3-4-8-15(14)13-17-16(9-12-19)20-18(21-17)10-5-2-6-11-18/h3-4,8,14,16-17,19H,2,5-7,9-13H2,1H3/t14?,16-,17-/m1/s1. The van der Waals surface area contributed by atoms with Crippen LogP contribution in [-0.4, -0.2) is 29.7 Å². The zero-order valence-corrected chi connectivity index (χ0v) is 13.1. The molecule has 1 aliphatic heterocycles. The molecule has 3 aliphatic rings. The number of aliphatic hydroxyl groups excluding tert-OH is 1. The maximum atomic E-state index is 9.33. The van der Waals surface area contributed by atoms with E-state index in [1.807, 2.05) is 0 Å². The second-order valence-corrected chi connectivity index (χ2v) is 6.81. The van der Waals surface area contributed by atoms with E-state index in [0.29, 0.717) is 12.3 Å². The SMILES string of the molecule is CC1CC=CC=C1C[C@H]1OC2(CCCCC2)O[C@@H]1CCO. The van der Waals surface area contributed by atoms with Crippen molar-refractivity contribution in [1.82, 2.24) is 0 Å². The van der Waals surface area contributed by atoms with Gasteiger partial charge in [0.25, 0.3) is 0 Å². The molecule has 1 N–H and O–H groups in total. The topological polar surface area (TPSA) is 38.7 Å². The van der Waals surface area contributed by atoms with Gasteiger partial charge in [-0.05, 0) is 38.0 Å². The fourth-order valence-corrected chi connectivity index (χ4v) is 3.89. The Morgan fingerprint density at radius 2 is 1.95 bits per heavy atom. The summed E-state index contributed by atoms with van der Waals surface area (Å²) in [6, 6.07) is 0. The lowest BCUT2D eigenvalue weighted by Crippen LogP contribution is -2.33. The van der Waals surface area contributed by atoms with E-state index in [1.54, 1.807) is 0 Å². The van der Waals surface area contributed by atoms with E-state index in [9.17, 15) is 5.11 Å². The predicted molar refractivity (Wildman–Crippen MR) is 82.9 cm³/mol. The molecular formula is C18H28O3. The first-order valence-corrected chi connectivity index (χ1v) is 8.54. The van der Waals surface area contributed by atoms with Crippen molar-refractivity contribution < 1.29 is 14.6 Å². The average Bonchev–Trinajstić information content (AvgIpc) is 2.80. The van der Waals surface area contributed by atoms with Gasteiger partial charge in [-0.2, -0.15) is 0 Å². The lowest BCUT2D eigenvalue weighted by molar-refractivity contribution is -0.194. The molecule has 2 aliphatic carbocycles. The van der Waals surface area contributed by atoms with Crippen LogP contribution in [0.3, 0.4) is 0 Å². The molecule has 1 saturated carbocycles. The number of ether oxygens (including phenoxy) is 2. The Kier molecular flexibility index (Phi) is 4.82. The van der Waals surface area contributed by atoms with Gasteiger partial charge in [0.1, 0.15) is 0 Å². The zero-order chi connectivity index (χ0) is 14.7. The fraction of sp³-hybridized carbons (Fsp3) is 0.778. The van der Waals surface area contributed by atoms with Gasteiger partial charge >= 0.3 is 0 Å². The summed E-state index contributed by atoms with van der Waals surface area (Å²) in [6.45, 7) is 2.46. The molecule has 3 rings (SSSR count). The number of hydrogen-bond donors (Lipinski definition) is 1. The summed E-state index contributed by atoms with van der Waals surface area (Å²) in [7, 11) is 0. The summed E-state index contributed by atoms with van der Waals surface area (Å²) in [5, 5.41) is 9.33. The highest BCUT2D eigenvalue weighted by Crippen LogP contribution is 2.43. The van der Waals surface area contributed by atoms with E-state index in [1.165, 1.54) is 24.8 Å². The molecule has 0 aromatic carbocycles. The largest absolute Gasteiger partial charge is 0.396 e. The van der Waals surface area contributed by atoms with Crippen LogP contribution >= 0.6 is 0 Å². The van der Waals surface area contributed by atoms with Crippen molar-refractivity contribution in [2.45, 2.75) is 76.3 Å². The van der Waals surface area contributed by atoms with Crippen LogP contribution < -0.4 is 0 Å². The van der Waals surface area contributed by atoms with Gasteiger partial charge in [-0.3, -0.25) is 0 Å². The molecule has 0 radical (unpaired) electrons. The molecule has 1 saturated heterocycles. The van der Waals surface area contributed by atoms with Crippen LogP contribution in [0.15, 0.2) is 23.8 Å². The summed E-state index contributed by atoms with van der Waals surface area (Å²) >= 11 is 0. The van der Waals surface area contributed by atoms with E-state index in [-0.39, 0.29) is 24.6 Å². The van der Waals surface area contributed by atoms with Crippen molar-refractivity contribution >= 4 is 0 Å². The van der Waals surface area contributed by atoms with Gasteiger partial charge < -0.3 is 14.6 Å². The molecule has 2 fully saturated rings. The molecule has 0 bridgehead atoms. The van der Waals surface area contributed by atoms with E-state index < -0.39 is 0 Å². The first-order valence-electron chi connectivity index (χ1n) is 8.54. The van der Waals surface area contributed by atoms with E-state index in [4.69, 9.17) is 9.47 Å². The Bertz CT molecular complexity index is 407. The maximum absolute atomic E-state index is 9.33. The quantitative estimate of drug-likeness (QED) is 0.858. The Hall–Kier alpha value is -0.640. The Morgan fingerprint density at radius 3 is 2.67 bits per heavy atom. The molecule has 1 spiro atoms. The first kappa shape index (κ1) is 15.3. The van der Waals surface area contributed by atoms with Crippen molar-refractivity contribution in [2.75, 3.05) is 6.61 Å². The number of allylic oxidation sites excluding steroid dienone is 3. The van der Waals surface area contributed by atoms with Crippen LogP contribution in [0.5, 0.6) is 0 Å². The Morgan fingerprint density at radius 1 is 1.19 bits per heavy atom. The first-order chi connectivity index (χ1) is 10.2. The predicted octanol–water partition coefficient (Wildman–Crippen LogP) is 3.73. The second kappa shape index (κ2) is 6.64. The highest BCUT2D eigenvalue weighted by atomic mass is 16.8. The summed E-state index contributed by atoms with van der Waals surface area (Å²) in [6.07, 6.45) is 15.2. The minimum atomic E-state index is -0.350. The van der Waals surface area contributed by atoms with Crippen LogP contribution in [0.2, 0.25) is 0 Å². The Balaban J connectivity index is 1.69. The lowest BCUT2D eigenvalue weighted by Gasteiger charge is -2.32. The van der Waals surface area contributed by atoms with Crippen LogP contribution in [0.1, 0.15) is 58.3 Å². The van der Waals surface area contributed by atoms with Crippen LogP contribution in [0, 0.1) is 5.92 Å². The van der Waals surface area contributed by atoms with Gasteiger partial charge in [0.2, 0.25) is 0 Å². The number of aliphatic hydroxyl groups is 1. The fourth-order valence-electron chi connectivity index (χ4n) is 3.89. The monoisotopic (exact) mass is 292 g/mol. The molecule has 3 atom stereocenters. The molecule has 0 aromatic heterocycles. The smallest absolute Gasteiger partial charge is 0.169 e. The number of hydrogen-bond acceptors (Lipinski definition) is 3. The minimum absolute atomic E-state index is 0.0482. The average molecular weight is 292 g/mol. The third kappa shape index (κ3) is 3.41. The van der Waals surface area contributed by atoms with Gasteiger partial charge in [0.15, 0.2) is 5.79 Å². The van der Waals surface area contributed by atoms with Gasteiger partial charge in [-0.15, -0.1) is 0 Å². The molecule has 0 aromatic rings. The highest BCUT2D eigenvalue weighted by Gasteiger charge is 2.47. The van der Waals surface area contributed by atoms with Gasteiger partial charge in [-0.25, -0.2) is 0 Å². The van der Waals surface area contributed by atoms with Crippen molar-refractivity contribution in [3.8, 4) is 0 Å². The van der Waals surface area contributed by atoms with Gasteiger partial charge in [0, 0.05) is 19.4 Å². The summed E-state index contributed by atoms with van der Waals surface area (Å²) in [5.41, 5.74) is 1.46. The van der Waals surface area contributed by atoms with E-state index in [0.717, 1.165) is 25.7 Å². The second-order valence-electron chi connectivity index (χ2n) is 6.81. The summed E-state index contributed by atoms with van der Waals surface area (Å²) in [4.78, 5) is 0. The molecule has 21 heavy (non-hydrogen) atoms. The molecule has 1 heterocycles. The molecule has 118 valence electrons. The molecule has 3 nitrogen and oxygen atoms in total. The summed E-state index contributed by atoms with van der Waals surface area (Å²) in [5.74, 6) is 0.244. The van der Waals surface area contributed by atoms with Crippen molar-refractivity contribution in [2.24, 2.45) is 5.92 Å². The van der Waals surface area contributed by atoms with E-state index in [2.05, 4.69) is 25.2 Å². The summed E-state index contributed by atoms with van der Waals surface area (Å²) < 4.78 is 12.7. The normalized spacial score (nSPS) is 35.1. The van der Waals surface area contributed by atoms with Crippen LogP contribution in [-0.2, 0) is 9.47 Å². The molecule has 3 heteroatoms. The van der Waals surface area contributed by atoms with E-state index >= 15 is 0 Å². The molecule has 0 amide bonds. The zero-order valence-electron chi connectivity index (χ0n) is 13.1. The minimum Gasteiger partial charge on any atom is -0.396 e. The van der Waals surface area contributed by atoms with Gasteiger partial charge in [0.05, 0.1) is 12.2 Å². The van der Waals surface area contributed by atoms with Crippen molar-refractivity contribution in [1.29, 1.82) is 0 Å². The van der Waals surface area contributed by atoms with Crippen molar-refractivity contribution in [3.05, 3.63) is 23.8 Å². The lowest BCUT2D eigenvalue weighted by atomic mass is 9.88. The Labute approximate surface area is 128 Å². The highest BCUT2D eigenvalue weighted by molar-refractivity contribution is 5.21. The van der Waals surface area contributed by atoms with Crippen LogP contribution in [0.4, 0.5) is 0 Å². The molecular weight excluding hydrogens is 264 g/mol. The molecule has 1 unspecified atom stereocenters. The van der Waals surface area contributed by atoms with Crippen LogP contribution in [0.25, 0.3) is 0 Å². The maximum Gasteiger partial charge on any atom is 0.169 e. The van der Waals surface area contributed by atoms with Crippen molar-refractivity contribution in [3.63, 3.8) is 0 Å². The number of rotatable bonds is 4. The van der Waals surface area contributed by atoms with Gasteiger partial charge in [-0.1, -0.05) is 37.1 Å². The third-order valence-corrected chi connectivity index (χ3v) is 5.18.